The van der Waals surface area contributed by atoms with Crippen molar-refractivity contribution in [1.29, 1.82) is 0 Å². The van der Waals surface area contributed by atoms with Crippen molar-refractivity contribution in [2.24, 2.45) is 4.99 Å². The van der Waals surface area contributed by atoms with Gasteiger partial charge in [-0.3, -0.25) is 4.99 Å². The summed E-state index contributed by atoms with van der Waals surface area (Å²) in [5.41, 5.74) is 0. The smallest absolute Gasteiger partial charge is 0.191 e. The van der Waals surface area contributed by atoms with E-state index in [0.29, 0.717) is 6.10 Å². The molecule has 0 atom stereocenters. The van der Waals surface area contributed by atoms with Gasteiger partial charge in [0.2, 0.25) is 0 Å². The van der Waals surface area contributed by atoms with Crippen molar-refractivity contribution in [3.8, 4) is 0 Å². The Balaban J connectivity index is 0.00000364. The van der Waals surface area contributed by atoms with Gasteiger partial charge in [0.05, 0.1) is 12.7 Å². The van der Waals surface area contributed by atoms with Crippen LogP contribution < -0.4 is 10.6 Å². The molecule has 0 amide bonds. The Hall–Kier alpha value is -0.830. The molecule has 1 aromatic heterocycles. The maximum Gasteiger partial charge on any atom is 0.191 e. The number of ether oxygens (including phenoxy) is 1. The molecular formula is C20H38IN5O. The minimum absolute atomic E-state index is 0. The van der Waals surface area contributed by atoms with Crippen molar-refractivity contribution in [2.75, 3.05) is 26.2 Å². The molecule has 1 aliphatic rings. The molecule has 0 radical (unpaired) electrons. The lowest BCUT2D eigenvalue weighted by atomic mass is 10.1. The highest BCUT2D eigenvalue weighted by atomic mass is 127. The van der Waals surface area contributed by atoms with Gasteiger partial charge in [-0.2, -0.15) is 0 Å². The zero-order chi connectivity index (χ0) is 18.5. The summed E-state index contributed by atoms with van der Waals surface area (Å²) in [6.07, 6.45) is 14.4. The van der Waals surface area contributed by atoms with Crippen molar-refractivity contribution in [2.45, 2.75) is 77.9 Å². The van der Waals surface area contributed by atoms with Crippen LogP contribution >= 0.6 is 24.0 Å². The zero-order valence-corrected chi connectivity index (χ0v) is 19.4. The predicted molar refractivity (Wildman–Crippen MR) is 123 cm³/mol. The van der Waals surface area contributed by atoms with Crippen LogP contribution in [-0.2, 0) is 11.3 Å². The Labute approximate surface area is 182 Å². The van der Waals surface area contributed by atoms with Gasteiger partial charge in [0.25, 0.3) is 0 Å². The quantitative estimate of drug-likeness (QED) is 0.172. The van der Waals surface area contributed by atoms with Crippen LogP contribution in [0.2, 0.25) is 0 Å². The summed E-state index contributed by atoms with van der Waals surface area (Å²) in [5.74, 6) is 1.98. The minimum atomic E-state index is 0. The van der Waals surface area contributed by atoms with E-state index in [0.717, 1.165) is 57.4 Å². The molecule has 6 nitrogen and oxygen atoms in total. The maximum atomic E-state index is 6.03. The number of hydrogen-bond donors (Lipinski definition) is 2. The van der Waals surface area contributed by atoms with Gasteiger partial charge in [-0.25, -0.2) is 4.98 Å². The molecule has 0 saturated heterocycles. The van der Waals surface area contributed by atoms with Crippen LogP contribution in [0.25, 0.3) is 0 Å². The van der Waals surface area contributed by atoms with E-state index in [2.05, 4.69) is 32.1 Å². The van der Waals surface area contributed by atoms with Crippen LogP contribution in [-0.4, -0.2) is 47.9 Å². The molecule has 0 bridgehead atoms. The number of imidazole rings is 1. The van der Waals surface area contributed by atoms with Crippen LogP contribution in [0.15, 0.2) is 17.4 Å². The van der Waals surface area contributed by atoms with Gasteiger partial charge in [0.1, 0.15) is 5.82 Å². The predicted octanol–water partition coefficient (Wildman–Crippen LogP) is 3.88. The van der Waals surface area contributed by atoms with E-state index in [4.69, 9.17) is 4.74 Å². The first-order chi connectivity index (χ1) is 12.8. The van der Waals surface area contributed by atoms with Crippen LogP contribution in [0.1, 0.15) is 64.1 Å². The fourth-order valence-corrected chi connectivity index (χ4v) is 3.37. The van der Waals surface area contributed by atoms with Gasteiger partial charge in [0.15, 0.2) is 5.96 Å². The molecule has 1 fully saturated rings. The molecule has 1 aromatic rings. The van der Waals surface area contributed by atoms with Gasteiger partial charge in [-0.05, 0) is 39.5 Å². The van der Waals surface area contributed by atoms with E-state index in [-0.39, 0.29) is 24.0 Å². The maximum absolute atomic E-state index is 6.03. The zero-order valence-electron chi connectivity index (χ0n) is 17.1. The summed E-state index contributed by atoms with van der Waals surface area (Å²) in [7, 11) is 0. The Bertz CT molecular complexity index is 512. The van der Waals surface area contributed by atoms with E-state index in [1.807, 2.05) is 19.3 Å². The second-order valence-electron chi connectivity index (χ2n) is 7.05. The third-order valence-electron chi connectivity index (χ3n) is 4.90. The number of hydrogen-bond acceptors (Lipinski definition) is 3. The van der Waals surface area contributed by atoms with E-state index in [1.165, 1.54) is 38.5 Å². The molecule has 0 spiro atoms. The summed E-state index contributed by atoms with van der Waals surface area (Å²) in [6, 6.07) is 0. The second kappa shape index (κ2) is 15.1. The Morgan fingerprint density at radius 2 is 2.00 bits per heavy atom. The summed E-state index contributed by atoms with van der Waals surface area (Å²) in [6.45, 7) is 8.45. The van der Waals surface area contributed by atoms with Crippen molar-refractivity contribution in [3.63, 3.8) is 0 Å². The first kappa shape index (κ1) is 24.2. The van der Waals surface area contributed by atoms with Crippen LogP contribution in [0.4, 0.5) is 0 Å². The van der Waals surface area contributed by atoms with Gasteiger partial charge in [-0.1, -0.05) is 25.7 Å². The molecule has 156 valence electrons. The summed E-state index contributed by atoms with van der Waals surface area (Å²) >= 11 is 0. The average molecular weight is 491 g/mol. The molecule has 0 aliphatic heterocycles. The number of halogens is 1. The number of aromatic nitrogens is 2. The highest BCUT2D eigenvalue weighted by Crippen LogP contribution is 2.19. The highest BCUT2D eigenvalue weighted by Gasteiger charge is 2.12. The number of nitrogens with one attached hydrogen (secondary N) is 2. The number of aliphatic imine (C=N–C) groups is 1. The average Bonchev–Trinajstić information content (AvgIpc) is 2.89. The molecule has 27 heavy (non-hydrogen) atoms. The van der Waals surface area contributed by atoms with Crippen LogP contribution in [0.3, 0.4) is 0 Å². The highest BCUT2D eigenvalue weighted by molar-refractivity contribution is 14.0. The summed E-state index contributed by atoms with van der Waals surface area (Å²) in [4.78, 5) is 8.92. The van der Waals surface area contributed by atoms with E-state index in [1.54, 1.807) is 0 Å². The minimum Gasteiger partial charge on any atom is -0.376 e. The lowest BCUT2D eigenvalue weighted by Crippen LogP contribution is -2.39. The standard InChI is InChI=1S/C20H37N5O.HI/c1-3-21-20(23-12-8-9-15-25-16-13-22-18(25)2)24-14-17-26-19-10-6-4-5-7-11-19;/h13,16,19H,3-12,14-15,17H2,1-2H3,(H2,21,23,24);1H. The Kier molecular flexibility index (Phi) is 13.6. The molecular weight excluding hydrogens is 453 g/mol. The molecule has 1 aliphatic carbocycles. The van der Waals surface area contributed by atoms with Gasteiger partial charge >= 0.3 is 0 Å². The number of aryl methyl sites for hydroxylation is 2. The largest absolute Gasteiger partial charge is 0.376 e. The van der Waals surface area contributed by atoms with Crippen LogP contribution in [0, 0.1) is 6.92 Å². The third kappa shape index (κ3) is 10.3. The van der Waals surface area contributed by atoms with E-state index >= 15 is 0 Å². The molecule has 1 heterocycles. The number of rotatable bonds is 10. The molecule has 2 rings (SSSR count). The van der Waals surface area contributed by atoms with Crippen molar-refractivity contribution >= 4 is 29.9 Å². The summed E-state index contributed by atoms with van der Waals surface area (Å²) in [5, 5.41) is 6.70. The topological polar surface area (TPSA) is 63.5 Å². The first-order valence-corrected chi connectivity index (χ1v) is 10.4. The van der Waals surface area contributed by atoms with E-state index < -0.39 is 0 Å². The lowest BCUT2D eigenvalue weighted by molar-refractivity contribution is 0.0468. The molecule has 0 unspecified atom stereocenters. The number of guanidine groups is 1. The normalized spacial score (nSPS) is 15.9. The third-order valence-corrected chi connectivity index (χ3v) is 4.90. The second-order valence-corrected chi connectivity index (χ2v) is 7.05. The monoisotopic (exact) mass is 491 g/mol. The first-order valence-electron chi connectivity index (χ1n) is 10.4. The van der Waals surface area contributed by atoms with E-state index in [9.17, 15) is 0 Å². The van der Waals surface area contributed by atoms with Gasteiger partial charge < -0.3 is 19.9 Å². The van der Waals surface area contributed by atoms with Gasteiger partial charge in [-0.15, -0.1) is 24.0 Å². The lowest BCUT2D eigenvalue weighted by Gasteiger charge is -2.16. The Morgan fingerprint density at radius 3 is 2.67 bits per heavy atom. The fraction of sp³-hybridized carbons (Fsp3) is 0.800. The van der Waals surface area contributed by atoms with Crippen molar-refractivity contribution in [3.05, 3.63) is 18.2 Å². The summed E-state index contributed by atoms with van der Waals surface area (Å²) < 4.78 is 8.23. The van der Waals surface area contributed by atoms with Gasteiger partial charge in [0, 0.05) is 38.6 Å². The van der Waals surface area contributed by atoms with Crippen molar-refractivity contribution in [1.82, 2.24) is 20.2 Å². The molecule has 0 aromatic carbocycles. The van der Waals surface area contributed by atoms with Crippen molar-refractivity contribution < 1.29 is 4.74 Å². The molecule has 2 N–H and O–H groups in total. The fourth-order valence-electron chi connectivity index (χ4n) is 3.37. The molecule has 7 heteroatoms. The number of unbranched alkanes of at least 4 members (excludes halogenated alkanes) is 1. The number of nitrogens with zero attached hydrogens (tertiary/aromatic N) is 3. The van der Waals surface area contributed by atoms with Crippen LogP contribution in [0.5, 0.6) is 0 Å². The Morgan fingerprint density at radius 1 is 1.22 bits per heavy atom. The molecule has 1 saturated carbocycles. The SMILES string of the molecule is CCNC(=NCCCCn1ccnc1C)NCCOC1CCCCCC1.I.